The number of hydrogen-bond donors (Lipinski definition) is 0. The lowest BCUT2D eigenvalue weighted by Crippen LogP contribution is -2.49. The molecule has 0 spiro atoms. The summed E-state index contributed by atoms with van der Waals surface area (Å²) < 4.78 is 5.27. The normalized spacial score (nSPS) is 18.1. The van der Waals surface area contributed by atoms with E-state index in [-0.39, 0.29) is 17.9 Å². The van der Waals surface area contributed by atoms with Gasteiger partial charge in [0.05, 0.1) is 6.04 Å². The molecule has 0 radical (unpaired) electrons. The number of aromatic nitrogens is 2. The van der Waals surface area contributed by atoms with Crippen molar-refractivity contribution in [1.82, 2.24) is 19.9 Å². The number of hydrogen-bond acceptors (Lipinski definition) is 5. The Morgan fingerprint density at radius 1 is 1.16 bits per heavy atom. The van der Waals surface area contributed by atoms with Crippen LogP contribution in [0, 0.1) is 6.92 Å². The number of rotatable bonds is 5. The molecule has 2 atom stereocenters. The molecule has 2 heterocycles. The molecule has 0 unspecified atom stereocenters. The van der Waals surface area contributed by atoms with Crippen LogP contribution in [0.15, 0.2) is 34.9 Å². The summed E-state index contributed by atoms with van der Waals surface area (Å²) in [6.45, 7) is 9.16. The third-order valence-corrected chi connectivity index (χ3v) is 4.96. The first-order chi connectivity index (χ1) is 12.0. The molecular formula is C19H26N4O2. The molecule has 1 saturated heterocycles. The van der Waals surface area contributed by atoms with Crippen LogP contribution < -0.4 is 0 Å². The summed E-state index contributed by atoms with van der Waals surface area (Å²) in [6.07, 6.45) is 0.558. The van der Waals surface area contributed by atoms with Gasteiger partial charge in [-0.3, -0.25) is 9.69 Å². The van der Waals surface area contributed by atoms with Crippen molar-refractivity contribution >= 4 is 5.91 Å². The average Bonchev–Trinajstić information content (AvgIpc) is 3.08. The van der Waals surface area contributed by atoms with E-state index in [1.54, 1.807) is 0 Å². The summed E-state index contributed by atoms with van der Waals surface area (Å²) in [5.74, 6) is 1.78. The van der Waals surface area contributed by atoms with Crippen LogP contribution >= 0.6 is 0 Å². The number of nitrogens with zero attached hydrogens (tertiary/aromatic N) is 4. The Kier molecular flexibility index (Phi) is 5.48. The molecule has 1 fully saturated rings. The minimum Gasteiger partial charge on any atom is -0.340 e. The van der Waals surface area contributed by atoms with E-state index in [9.17, 15) is 4.79 Å². The van der Waals surface area contributed by atoms with E-state index < -0.39 is 0 Å². The summed E-state index contributed by atoms with van der Waals surface area (Å²) >= 11 is 0. The first-order valence-corrected chi connectivity index (χ1v) is 8.91. The average molecular weight is 342 g/mol. The van der Waals surface area contributed by atoms with Crippen LogP contribution in [-0.4, -0.2) is 52.0 Å². The van der Waals surface area contributed by atoms with E-state index in [1.807, 2.05) is 30.0 Å². The highest BCUT2D eigenvalue weighted by Gasteiger charge is 2.27. The van der Waals surface area contributed by atoms with Crippen LogP contribution in [0.5, 0.6) is 0 Å². The minimum atomic E-state index is 0.0849. The summed E-state index contributed by atoms with van der Waals surface area (Å²) in [6, 6.07) is 10.3. The Bertz CT molecular complexity index is 692. The molecule has 25 heavy (non-hydrogen) atoms. The van der Waals surface area contributed by atoms with Crippen molar-refractivity contribution in [2.24, 2.45) is 0 Å². The molecule has 1 aromatic carbocycles. The second kappa shape index (κ2) is 7.78. The van der Waals surface area contributed by atoms with Crippen molar-refractivity contribution < 1.29 is 9.32 Å². The summed E-state index contributed by atoms with van der Waals surface area (Å²) in [4.78, 5) is 21.2. The lowest BCUT2D eigenvalue weighted by atomic mass is 9.97. The molecule has 0 saturated carbocycles. The van der Waals surface area contributed by atoms with Gasteiger partial charge in [-0.25, -0.2) is 0 Å². The lowest BCUT2D eigenvalue weighted by Gasteiger charge is -2.37. The molecule has 1 aromatic heterocycles. The maximum atomic E-state index is 12.6. The van der Waals surface area contributed by atoms with Crippen LogP contribution in [0.2, 0.25) is 0 Å². The molecule has 6 heteroatoms. The summed E-state index contributed by atoms with van der Waals surface area (Å²) in [5, 5.41) is 3.86. The van der Waals surface area contributed by atoms with Gasteiger partial charge >= 0.3 is 0 Å². The Morgan fingerprint density at radius 2 is 1.84 bits per heavy atom. The van der Waals surface area contributed by atoms with Crippen molar-refractivity contribution in [3.8, 4) is 0 Å². The van der Waals surface area contributed by atoms with Crippen molar-refractivity contribution in [2.75, 3.05) is 26.2 Å². The predicted molar refractivity (Wildman–Crippen MR) is 95.1 cm³/mol. The maximum absolute atomic E-state index is 12.6. The van der Waals surface area contributed by atoms with E-state index in [1.165, 1.54) is 5.56 Å². The Hall–Kier alpha value is -2.21. The quantitative estimate of drug-likeness (QED) is 0.836. The number of carbonyl (C=O) groups is 1. The lowest BCUT2D eigenvalue weighted by molar-refractivity contribution is -0.133. The molecule has 134 valence electrons. The Morgan fingerprint density at radius 3 is 2.44 bits per heavy atom. The fourth-order valence-corrected chi connectivity index (χ4v) is 3.29. The van der Waals surface area contributed by atoms with Gasteiger partial charge in [-0.1, -0.05) is 42.4 Å². The van der Waals surface area contributed by atoms with Gasteiger partial charge in [-0.2, -0.15) is 4.98 Å². The molecule has 1 amide bonds. The topological polar surface area (TPSA) is 62.5 Å². The van der Waals surface area contributed by atoms with Gasteiger partial charge in [0.2, 0.25) is 11.8 Å². The fraction of sp³-hybridized carbons (Fsp3) is 0.526. The van der Waals surface area contributed by atoms with Gasteiger partial charge in [-0.15, -0.1) is 0 Å². The van der Waals surface area contributed by atoms with Gasteiger partial charge in [0, 0.05) is 32.6 Å². The molecule has 1 aliphatic rings. The zero-order valence-corrected chi connectivity index (χ0v) is 15.2. The zero-order valence-electron chi connectivity index (χ0n) is 15.2. The Balaban J connectivity index is 1.51. The van der Waals surface area contributed by atoms with Crippen molar-refractivity contribution in [1.29, 1.82) is 0 Å². The first kappa shape index (κ1) is 17.6. The SMILES string of the molecule is Cc1noc([C@@H](C)N2CCN(C(=O)C[C@H](C)c3ccccc3)CC2)n1. The minimum absolute atomic E-state index is 0.0849. The number of benzene rings is 1. The Labute approximate surface area is 148 Å². The van der Waals surface area contributed by atoms with Gasteiger partial charge < -0.3 is 9.42 Å². The highest BCUT2D eigenvalue weighted by Crippen LogP contribution is 2.22. The number of amides is 1. The van der Waals surface area contributed by atoms with E-state index in [0.717, 1.165) is 26.2 Å². The molecule has 6 nitrogen and oxygen atoms in total. The zero-order chi connectivity index (χ0) is 17.8. The second-order valence-electron chi connectivity index (χ2n) is 6.79. The maximum Gasteiger partial charge on any atom is 0.243 e. The van der Waals surface area contributed by atoms with Gasteiger partial charge in [0.25, 0.3) is 0 Å². The standard InChI is InChI=1S/C19H26N4O2/c1-14(17-7-5-4-6-8-17)13-18(24)23-11-9-22(10-12-23)15(2)19-20-16(3)21-25-19/h4-8,14-15H,9-13H2,1-3H3/t14-,15+/m0/s1. The van der Waals surface area contributed by atoms with Crippen molar-refractivity contribution in [2.45, 2.75) is 39.2 Å². The number of carbonyl (C=O) groups excluding carboxylic acids is 1. The van der Waals surface area contributed by atoms with Crippen LogP contribution in [0.25, 0.3) is 0 Å². The van der Waals surface area contributed by atoms with E-state index >= 15 is 0 Å². The monoisotopic (exact) mass is 342 g/mol. The van der Waals surface area contributed by atoms with Gasteiger partial charge in [0.15, 0.2) is 5.82 Å². The summed E-state index contributed by atoms with van der Waals surface area (Å²) in [5.41, 5.74) is 1.22. The fourth-order valence-electron chi connectivity index (χ4n) is 3.29. The molecule has 0 N–H and O–H groups in total. The number of piperazine rings is 1. The van der Waals surface area contributed by atoms with Crippen LogP contribution in [0.3, 0.4) is 0 Å². The van der Waals surface area contributed by atoms with Crippen molar-refractivity contribution in [3.05, 3.63) is 47.6 Å². The second-order valence-corrected chi connectivity index (χ2v) is 6.79. The van der Waals surface area contributed by atoms with Crippen LogP contribution in [-0.2, 0) is 4.79 Å². The highest BCUT2D eigenvalue weighted by atomic mass is 16.5. The first-order valence-electron chi connectivity index (χ1n) is 8.91. The molecule has 0 bridgehead atoms. The largest absolute Gasteiger partial charge is 0.340 e. The van der Waals surface area contributed by atoms with E-state index in [2.05, 4.69) is 41.0 Å². The third-order valence-electron chi connectivity index (χ3n) is 4.96. The van der Waals surface area contributed by atoms with Gasteiger partial charge in [0.1, 0.15) is 0 Å². The van der Waals surface area contributed by atoms with E-state index in [0.29, 0.717) is 18.1 Å². The smallest absolute Gasteiger partial charge is 0.243 e. The molecule has 3 rings (SSSR count). The molecular weight excluding hydrogens is 316 g/mol. The molecule has 1 aliphatic heterocycles. The predicted octanol–water partition coefficient (Wildman–Crippen LogP) is 2.78. The summed E-state index contributed by atoms with van der Waals surface area (Å²) in [7, 11) is 0. The molecule has 0 aliphatic carbocycles. The number of aryl methyl sites for hydroxylation is 1. The van der Waals surface area contributed by atoms with Gasteiger partial charge in [-0.05, 0) is 25.3 Å². The third kappa shape index (κ3) is 4.25. The van der Waals surface area contributed by atoms with Crippen molar-refractivity contribution in [3.63, 3.8) is 0 Å². The highest BCUT2D eigenvalue weighted by molar-refractivity contribution is 5.77. The molecule has 2 aromatic rings. The van der Waals surface area contributed by atoms with E-state index in [4.69, 9.17) is 4.52 Å². The van der Waals surface area contributed by atoms with Crippen LogP contribution in [0.4, 0.5) is 0 Å². The van der Waals surface area contributed by atoms with Crippen LogP contribution in [0.1, 0.15) is 49.5 Å².